The number of furan rings is 1. The molecule has 0 aliphatic heterocycles. The third-order valence-corrected chi connectivity index (χ3v) is 10.9. The van der Waals surface area contributed by atoms with E-state index in [4.69, 9.17) is 14.4 Å². The summed E-state index contributed by atoms with van der Waals surface area (Å²) in [5.74, 6) is 1.25. The lowest BCUT2D eigenvalue weighted by Crippen LogP contribution is -2.00. The quantitative estimate of drug-likeness (QED) is 0.182. The van der Waals surface area contributed by atoms with Gasteiger partial charge in [0.15, 0.2) is 5.82 Å². The third kappa shape index (κ3) is 6.53. The van der Waals surface area contributed by atoms with Gasteiger partial charge in [0.05, 0.1) is 11.2 Å². The summed E-state index contributed by atoms with van der Waals surface area (Å²) in [6.45, 7) is 8.76. The van der Waals surface area contributed by atoms with Crippen LogP contribution in [0.5, 0.6) is 0 Å². The van der Waals surface area contributed by atoms with Crippen LogP contribution in [-0.2, 0) is 0 Å². The van der Waals surface area contributed by atoms with E-state index in [1.165, 1.54) is 44.2 Å². The minimum absolute atomic E-state index is 0.535. The van der Waals surface area contributed by atoms with Gasteiger partial charge in [-0.05, 0) is 107 Å². The molecule has 0 fully saturated rings. The van der Waals surface area contributed by atoms with Crippen LogP contribution in [0.4, 0.5) is 0 Å². The van der Waals surface area contributed by atoms with E-state index in [-0.39, 0.29) is 0 Å². The van der Waals surface area contributed by atoms with Crippen molar-refractivity contribution in [3.8, 4) is 33.6 Å². The molecular weight excluding hydrogens is 669 g/mol. The number of allylic oxidation sites excluding steroid dienone is 4. The van der Waals surface area contributed by atoms with E-state index in [2.05, 4.69) is 155 Å². The second-order valence-electron chi connectivity index (χ2n) is 14.8. The Morgan fingerprint density at radius 2 is 1.33 bits per heavy atom. The maximum Gasteiger partial charge on any atom is 0.161 e. The van der Waals surface area contributed by atoms with Gasteiger partial charge in [-0.2, -0.15) is 0 Å². The number of nitrogens with zero attached hydrogens (tertiary/aromatic N) is 2. The van der Waals surface area contributed by atoms with Gasteiger partial charge in [0, 0.05) is 21.7 Å². The first-order valence-corrected chi connectivity index (χ1v) is 19.1. The summed E-state index contributed by atoms with van der Waals surface area (Å²) in [5.41, 5.74) is 14.5. The zero-order valence-electron chi connectivity index (χ0n) is 31.7. The number of hydrogen-bond donors (Lipinski definition) is 0. The molecule has 55 heavy (non-hydrogen) atoms. The fourth-order valence-electron chi connectivity index (χ4n) is 7.91. The van der Waals surface area contributed by atoms with Crippen LogP contribution in [-0.4, -0.2) is 9.97 Å². The molecule has 266 valence electrons. The first kappa shape index (κ1) is 34.2. The number of aryl methyl sites for hydroxylation is 3. The second-order valence-corrected chi connectivity index (χ2v) is 14.8. The molecule has 0 saturated carbocycles. The number of rotatable bonds is 4. The molecule has 0 N–H and O–H groups in total. The number of aromatic nitrogens is 2. The molecule has 1 aliphatic rings. The average Bonchev–Trinajstić information content (AvgIpc) is 3.60. The Bertz CT molecular complexity index is 2950. The van der Waals surface area contributed by atoms with Crippen molar-refractivity contribution in [3.63, 3.8) is 0 Å². The largest absolute Gasteiger partial charge is 0.456 e. The molecule has 2 aromatic heterocycles. The van der Waals surface area contributed by atoms with E-state index >= 15 is 0 Å². The summed E-state index contributed by atoms with van der Waals surface area (Å²) < 4.78 is 6.52. The Morgan fingerprint density at radius 3 is 2.11 bits per heavy atom. The molecule has 7 aromatic carbocycles. The van der Waals surface area contributed by atoms with E-state index in [1.807, 2.05) is 36.4 Å². The summed E-state index contributed by atoms with van der Waals surface area (Å²) in [6, 6.07) is 51.2. The van der Waals surface area contributed by atoms with E-state index in [1.54, 1.807) is 0 Å². The standard InChI is InChI=1S/C45H34N2O.C7H8/c1-27-15-17-31(18-16-27)44-37-11-6-7-13-40(37)46-45(47-44)39-12-8-14-41-43(39)38-24-21-33(26-42(38)48-41)32-20-22-34(28(2)25-32)36-23-19-30-9-4-5-10-35(30)29(36)3;1-7-5-3-2-4-6-7/h4-15,17-27H,16H2,1-3H3;2-6H,1H3. The zero-order valence-corrected chi connectivity index (χ0v) is 31.7. The Balaban J connectivity index is 0.000000513. The Hall–Kier alpha value is -6.58. The average molecular weight is 711 g/mol. The van der Waals surface area contributed by atoms with Crippen LogP contribution in [0.1, 0.15) is 35.7 Å². The molecule has 0 bridgehead atoms. The van der Waals surface area contributed by atoms with Crippen molar-refractivity contribution in [3.05, 3.63) is 186 Å². The van der Waals surface area contributed by atoms with Crippen molar-refractivity contribution in [2.24, 2.45) is 5.92 Å². The minimum atomic E-state index is 0.535. The van der Waals surface area contributed by atoms with Gasteiger partial charge in [-0.15, -0.1) is 0 Å². The smallest absolute Gasteiger partial charge is 0.161 e. The van der Waals surface area contributed by atoms with Gasteiger partial charge in [-0.1, -0.05) is 152 Å². The molecule has 2 heterocycles. The lowest BCUT2D eigenvalue weighted by Gasteiger charge is -2.14. The van der Waals surface area contributed by atoms with Gasteiger partial charge in [-0.25, -0.2) is 9.97 Å². The number of para-hydroxylation sites is 1. The first-order chi connectivity index (χ1) is 26.9. The van der Waals surface area contributed by atoms with Crippen LogP contribution in [0.25, 0.3) is 82.8 Å². The van der Waals surface area contributed by atoms with Crippen molar-refractivity contribution in [1.82, 2.24) is 9.97 Å². The highest BCUT2D eigenvalue weighted by molar-refractivity contribution is 6.13. The predicted octanol–water partition coefficient (Wildman–Crippen LogP) is 14.3. The highest BCUT2D eigenvalue weighted by Crippen LogP contribution is 2.40. The topological polar surface area (TPSA) is 38.9 Å². The molecule has 9 aromatic rings. The third-order valence-electron chi connectivity index (χ3n) is 10.9. The molecule has 0 saturated heterocycles. The maximum absolute atomic E-state index is 6.52. The van der Waals surface area contributed by atoms with E-state index in [0.717, 1.165) is 61.7 Å². The highest BCUT2D eigenvalue weighted by Gasteiger charge is 2.19. The van der Waals surface area contributed by atoms with E-state index in [0.29, 0.717) is 11.7 Å². The lowest BCUT2D eigenvalue weighted by atomic mass is 9.91. The fraction of sp³-hybridized carbons (Fsp3) is 0.115. The van der Waals surface area contributed by atoms with E-state index in [9.17, 15) is 0 Å². The Kier molecular flexibility index (Phi) is 8.92. The summed E-state index contributed by atoms with van der Waals surface area (Å²) in [6.07, 6.45) is 7.79. The van der Waals surface area contributed by atoms with Gasteiger partial charge in [-0.3, -0.25) is 0 Å². The zero-order chi connectivity index (χ0) is 37.5. The highest BCUT2D eigenvalue weighted by atomic mass is 16.3. The van der Waals surface area contributed by atoms with Crippen molar-refractivity contribution in [2.75, 3.05) is 0 Å². The normalized spacial score (nSPS) is 14.0. The lowest BCUT2D eigenvalue weighted by molar-refractivity contribution is 0.669. The number of benzene rings is 7. The van der Waals surface area contributed by atoms with Gasteiger partial charge in [0.2, 0.25) is 0 Å². The van der Waals surface area contributed by atoms with Crippen LogP contribution in [0, 0.1) is 26.7 Å². The van der Waals surface area contributed by atoms with Crippen molar-refractivity contribution < 1.29 is 4.42 Å². The Labute approximate surface area is 322 Å². The number of hydrogen-bond acceptors (Lipinski definition) is 3. The van der Waals surface area contributed by atoms with Crippen molar-refractivity contribution in [1.29, 1.82) is 0 Å². The van der Waals surface area contributed by atoms with Gasteiger partial charge < -0.3 is 4.42 Å². The Morgan fingerprint density at radius 1 is 0.582 bits per heavy atom. The van der Waals surface area contributed by atoms with Crippen LogP contribution in [0.2, 0.25) is 0 Å². The van der Waals surface area contributed by atoms with Crippen LogP contribution in [0.15, 0.2) is 168 Å². The van der Waals surface area contributed by atoms with Gasteiger partial charge in [0.1, 0.15) is 11.2 Å². The monoisotopic (exact) mass is 710 g/mol. The maximum atomic E-state index is 6.52. The molecule has 10 rings (SSSR count). The first-order valence-electron chi connectivity index (χ1n) is 19.1. The van der Waals surface area contributed by atoms with Crippen LogP contribution < -0.4 is 0 Å². The molecule has 0 radical (unpaired) electrons. The summed E-state index contributed by atoms with van der Waals surface area (Å²) in [5, 5.41) is 5.75. The fourth-order valence-corrected chi connectivity index (χ4v) is 7.91. The molecule has 3 nitrogen and oxygen atoms in total. The summed E-state index contributed by atoms with van der Waals surface area (Å²) in [7, 11) is 0. The van der Waals surface area contributed by atoms with E-state index < -0.39 is 0 Å². The second kappa shape index (κ2) is 14.3. The van der Waals surface area contributed by atoms with Crippen molar-refractivity contribution >= 4 is 49.2 Å². The summed E-state index contributed by atoms with van der Waals surface area (Å²) in [4.78, 5) is 10.3. The molecule has 0 amide bonds. The molecular formula is C52H42N2O. The summed E-state index contributed by atoms with van der Waals surface area (Å²) >= 11 is 0. The predicted molar refractivity (Wildman–Crippen MR) is 232 cm³/mol. The molecule has 1 aliphatic carbocycles. The van der Waals surface area contributed by atoms with Crippen molar-refractivity contribution in [2.45, 2.75) is 34.1 Å². The number of fused-ring (bicyclic) bond motifs is 5. The van der Waals surface area contributed by atoms with Gasteiger partial charge in [0.25, 0.3) is 0 Å². The minimum Gasteiger partial charge on any atom is -0.456 e. The van der Waals surface area contributed by atoms with Crippen LogP contribution in [0.3, 0.4) is 0 Å². The van der Waals surface area contributed by atoms with Crippen LogP contribution >= 0.6 is 0 Å². The molecule has 3 heteroatoms. The molecule has 0 spiro atoms. The van der Waals surface area contributed by atoms with Gasteiger partial charge >= 0.3 is 0 Å². The molecule has 1 unspecified atom stereocenters. The SMILES string of the molecule is Cc1cc(-c2ccc3c(c2)oc2cccc(-c4nc(C5=CCC(C)C=C5)c5ccccc5n4)c23)ccc1-c1ccc2ccccc2c1C.Cc1ccccc1. The molecule has 1 atom stereocenters.